The number of likely N-dealkylation sites (tertiary alicyclic amines) is 1. The van der Waals surface area contributed by atoms with Crippen molar-refractivity contribution in [3.05, 3.63) is 35.9 Å². The molecule has 0 radical (unpaired) electrons. The van der Waals surface area contributed by atoms with Gasteiger partial charge in [0.15, 0.2) is 0 Å². The molecule has 1 saturated heterocycles. The maximum atomic E-state index is 3.73. The first-order valence-electron chi connectivity index (χ1n) is 8.26. The van der Waals surface area contributed by atoms with Gasteiger partial charge in [-0.1, -0.05) is 44.2 Å². The molecule has 20 heavy (non-hydrogen) atoms. The highest BCUT2D eigenvalue weighted by atomic mass is 15.2. The van der Waals surface area contributed by atoms with Gasteiger partial charge >= 0.3 is 0 Å². The highest BCUT2D eigenvalue weighted by Gasteiger charge is 2.31. The molecular weight excluding hydrogens is 244 g/mol. The number of hydrogen-bond donors (Lipinski definition) is 1. The van der Waals surface area contributed by atoms with E-state index >= 15 is 0 Å². The van der Waals surface area contributed by atoms with Crippen molar-refractivity contribution in [3.8, 4) is 0 Å². The van der Waals surface area contributed by atoms with E-state index in [1.54, 1.807) is 0 Å². The molecule has 2 heteroatoms. The van der Waals surface area contributed by atoms with Crippen LogP contribution in [0.15, 0.2) is 30.3 Å². The summed E-state index contributed by atoms with van der Waals surface area (Å²) in [6.45, 7) is 8.40. The fourth-order valence-corrected chi connectivity index (χ4v) is 3.45. The van der Waals surface area contributed by atoms with Crippen LogP contribution in [0.5, 0.6) is 0 Å². The van der Waals surface area contributed by atoms with Gasteiger partial charge in [-0.25, -0.2) is 0 Å². The van der Waals surface area contributed by atoms with Crippen LogP contribution in [0.4, 0.5) is 0 Å². The van der Waals surface area contributed by atoms with Gasteiger partial charge in [-0.15, -0.1) is 0 Å². The molecule has 1 heterocycles. The van der Waals surface area contributed by atoms with Gasteiger partial charge in [-0.3, -0.25) is 4.90 Å². The molecule has 3 rings (SSSR count). The average Bonchev–Trinajstić information content (AvgIpc) is 3.15. The van der Waals surface area contributed by atoms with Gasteiger partial charge in [0.05, 0.1) is 0 Å². The lowest BCUT2D eigenvalue weighted by Gasteiger charge is -2.31. The summed E-state index contributed by atoms with van der Waals surface area (Å²) in [6, 6.07) is 12.6. The van der Waals surface area contributed by atoms with Gasteiger partial charge in [0, 0.05) is 25.2 Å². The zero-order valence-electron chi connectivity index (χ0n) is 12.9. The summed E-state index contributed by atoms with van der Waals surface area (Å²) in [5, 5.41) is 3.73. The van der Waals surface area contributed by atoms with Crippen molar-refractivity contribution in [2.75, 3.05) is 19.6 Å². The second-order valence-corrected chi connectivity index (χ2v) is 6.89. The largest absolute Gasteiger partial charge is 0.312 e. The Morgan fingerprint density at radius 1 is 1.15 bits per heavy atom. The quantitative estimate of drug-likeness (QED) is 0.855. The monoisotopic (exact) mass is 272 g/mol. The van der Waals surface area contributed by atoms with E-state index in [0.717, 1.165) is 17.9 Å². The van der Waals surface area contributed by atoms with Crippen molar-refractivity contribution in [3.63, 3.8) is 0 Å². The minimum atomic E-state index is 0.698. The van der Waals surface area contributed by atoms with E-state index in [0.29, 0.717) is 6.04 Å². The van der Waals surface area contributed by atoms with Crippen molar-refractivity contribution in [1.29, 1.82) is 0 Å². The van der Waals surface area contributed by atoms with Crippen LogP contribution in [-0.4, -0.2) is 36.6 Å². The molecule has 1 aromatic carbocycles. The molecule has 2 aliphatic rings. The van der Waals surface area contributed by atoms with E-state index < -0.39 is 0 Å². The predicted octanol–water partition coefficient (Wildman–Crippen LogP) is 3.25. The minimum Gasteiger partial charge on any atom is -0.312 e. The Morgan fingerprint density at radius 3 is 2.55 bits per heavy atom. The third-order valence-corrected chi connectivity index (χ3v) is 4.92. The predicted molar refractivity (Wildman–Crippen MR) is 85.0 cm³/mol. The van der Waals surface area contributed by atoms with Crippen LogP contribution in [0.2, 0.25) is 0 Å². The van der Waals surface area contributed by atoms with Gasteiger partial charge in [0.1, 0.15) is 0 Å². The molecule has 1 aromatic rings. The molecule has 0 aromatic heterocycles. The fraction of sp³-hybridized carbons (Fsp3) is 0.667. The van der Waals surface area contributed by atoms with Crippen LogP contribution in [0, 0.1) is 5.92 Å². The molecule has 1 saturated carbocycles. The van der Waals surface area contributed by atoms with Gasteiger partial charge in [0.2, 0.25) is 0 Å². The van der Waals surface area contributed by atoms with Crippen LogP contribution >= 0.6 is 0 Å². The Balaban J connectivity index is 1.58. The summed E-state index contributed by atoms with van der Waals surface area (Å²) >= 11 is 0. The first-order valence-corrected chi connectivity index (χ1v) is 8.26. The van der Waals surface area contributed by atoms with E-state index in [2.05, 4.69) is 54.4 Å². The van der Waals surface area contributed by atoms with E-state index in [1.165, 1.54) is 44.5 Å². The number of rotatable bonds is 6. The van der Waals surface area contributed by atoms with Crippen LogP contribution in [-0.2, 0) is 0 Å². The smallest absolute Gasteiger partial charge is 0.0243 e. The Kier molecular flexibility index (Phi) is 4.42. The molecule has 110 valence electrons. The summed E-state index contributed by atoms with van der Waals surface area (Å²) in [4.78, 5) is 2.72. The zero-order chi connectivity index (χ0) is 13.9. The second kappa shape index (κ2) is 6.28. The Labute approximate surface area is 123 Å². The first kappa shape index (κ1) is 14.1. The fourth-order valence-electron chi connectivity index (χ4n) is 3.45. The molecule has 1 aliphatic heterocycles. The van der Waals surface area contributed by atoms with Crippen molar-refractivity contribution in [2.45, 2.75) is 51.1 Å². The van der Waals surface area contributed by atoms with Crippen LogP contribution in [0.25, 0.3) is 0 Å². The zero-order valence-corrected chi connectivity index (χ0v) is 12.9. The van der Waals surface area contributed by atoms with E-state index in [4.69, 9.17) is 0 Å². The Morgan fingerprint density at radius 2 is 1.90 bits per heavy atom. The standard InChI is InChI=1S/C18H28N2/c1-14(2)18(12-19-17-8-9-17)20-11-10-16(13-20)15-6-4-3-5-7-15/h3-7,14,16-19H,8-13H2,1-2H3. The van der Waals surface area contributed by atoms with Crippen molar-refractivity contribution in [1.82, 2.24) is 10.2 Å². The van der Waals surface area contributed by atoms with Crippen molar-refractivity contribution >= 4 is 0 Å². The maximum absolute atomic E-state index is 3.73. The molecule has 1 N–H and O–H groups in total. The van der Waals surface area contributed by atoms with E-state index in [1.807, 2.05) is 0 Å². The topological polar surface area (TPSA) is 15.3 Å². The molecule has 2 fully saturated rings. The summed E-state index contributed by atoms with van der Waals surface area (Å²) in [7, 11) is 0. The number of nitrogens with one attached hydrogen (secondary N) is 1. The molecule has 0 bridgehead atoms. The maximum Gasteiger partial charge on any atom is 0.0243 e. The lowest BCUT2D eigenvalue weighted by atomic mass is 9.98. The minimum absolute atomic E-state index is 0.698. The molecule has 2 nitrogen and oxygen atoms in total. The number of nitrogens with zero attached hydrogens (tertiary/aromatic N) is 1. The molecule has 0 spiro atoms. The van der Waals surface area contributed by atoms with Gasteiger partial charge in [0.25, 0.3) is 0 Å². The number of hydrogen-bond acceptors (Lipinski definition) is 2. The van der Waals surface area contributed by atoms with Gasteiger partial charge in [-0.05, 0) is 43.2 Å². The number of benzene rings is 1. The lowest BCUT2D eigenvalue weighted by molar-refractivity contribution is 0.184. The average molecular weight is 272 g/mol. The summed E-state index contributed by atoms with van der Waals surface area (Å²) < 4.78 is 0. The summed E-state index contributed by atoms with van der Waals surface area (Å²) in [5.41, 5.74) is 1.52. The summed E-state index contributed by atoms with van der Waals surface area (Å²) in [5.74, 6) is 1.47. The molecular formula is C18H28N2. The SMILES string of the molecule is CC(C)C(CNC1CC1)N1CCC(c2ccccc2)C1. The summed E-state index contributed by atoms with van der Waals surface area (Å²) in [6.07, 6.45) is 4.09. The molecule has 1 aliphatic carbocycles. The van der Waals surface area contributed by atoms with E-state index in [9.17, 15) is 0 Å². The normalized spacial score (nSPS) is 25.2. The highest BCUT2D eigenvalue weighted by Crippen LogP contribution is 2.30. The van der Waals surface area contributed by atoms with E-state index in [-0.39, 0.29) is 0 Å². The Hall–Kier alpha value is -0.860. The van der Waals surface area contributed by atoms with Crippen LogP contribution < -0.4 is 5.32 Å². The highest BCUT2D eigenvalue weighted by molar-refractivity contribution is 5.21. The van der Waals surface area contributed by atoms with Crippen LogP contribution in [0.1, 0.15) is 44.6 Å². The molecule has 2 atom stereocenters. The molecule has 2 unspecified atom stereocenters. The lowest BCUT2D eigenvalue weighted by Crippen LogP contribution is -2.45. The van der Waals surface area contributed by atoms with Crippen molar-refractivity contribution in [2.24, 2.45) is 5.92 Å². The molecule has 0 amide bonds. The third-order valence-electron chi connectivity index (χ3n) is 4.92. The Bertz CT molecular complexity index is 411. The van der Waals surface area contributed by atoms with Gasteiger partial charge in [-0.2, -0.15) is 0 Å². The third kappa shape index (κ3) is 3.42. The van der Waals surface area contributed by atoms with Crippen LogP contribution in [0.3, 0.4) is 0 Å². The first-order chi connectivity index (χ1) is 9.74. The second-order valence-electron chi connectivity index (χ2n) is 6.89. The van der Waals surface area contributed by atoms with Gasteiger partial charge < -0.3 is 5.32 Å². The van der Waals surface area contributed by atoms with Crippen molar-refractivity contribution < 1.29 is 0 Å².